The van der Waals surface area contributed by atoms with E-state index in [2.05, 4.69) is 19.2 Å². The standard InChI is InChI=1S/C24H30N2O2/c1-18(2)14-16-25-23(28)24(3)15-13-20-11-7-8-12-21(20)22(27)26(24)17-19-9-5-4-6-10-19/h4-12,18H,13-17H2,1-3H3,(H,25,28). The molecule has 2 aromatic rings. The number of nitrogens with one attached hydrogen (secondary N) is 1. The van der Waals surface area contributed by atoms with Gasteiger partial charge in [-0.1, -0.05) is 62.4 Å². The van der Waals surface area contributed by atoms with Crippen molar-refractivity contribution in [3.8, 4) is 0 Å². The van der Waals surface area contributed by atoms with Gasteiger partial charge in [-0.3, -0.25) is 9.59 Å². The highest BCUT2D eigenvalue weighted by atomic mass is 16.2. The zero-order valence-electron chi connectivity index (χ0n) is 17.1. The molecule has 2 amide bonds. The summed E-state index contributed by atoms with van der Waals surface area (Å²) in [6.07, 6.45) is 2.24. The van der Waals surface area contributed by atoms with Crippen LogP contribution in [-0.4, -0.2) is 28.8 Å². The number of amides is 2. The van der Waals surface area contributed by atoms with Crippen LogP contribution in [0.15, 0.2) is 54.6 Å². The van der Waals surface area contributed by atoms with E-state index in [9.17, 15) is 9.59 Å². The monoisotopic (exact) mass is 378 g/mol. The first-order valence-electron chi connectivity index (χ1n) is 10.1. The van der Waals surface area contributed by atoms with Crippen molar-refractivity contribution in [1.29, 1.82) is 0 Å². The van der Waals surface area contributed by atoms with E-state index in [0.717, 1.165) is 17.5 Å². The molecule has 1 unspecified atom stereocenters. The Bertz CT molecular complexity index is 832. The average molecular weight is 379 g/mol. The van der Waals surface area contributed by atoms with Gasteiger partial charge in [-0.05, 0) is 49.3 Å². The molecular weight excluding hydrogens is 348 g/mol. The van der Waals surface area contributed by atoms with Crippen molar-refractivity contribution >= 4 is 11.8 Å². The van der Waals surface area contributed by atoms with Crippen LogP contribution in [0.1, 0.15) is 55.1 Å². The minimum Gasteiger partial charge on any atom is -0.354 e. The van der Waals surface area contributed by atoms with Gasteiger partial charge in [0.05, 0.1) is 0 Å². The molecule has 4 heteroatoms. The van der Waals surface area contributed by atoms with Crippen molar-refractivity contribution in [3.63, 3.8) is 0 Å². The molecule has 0 aliphatic carbocycles. The Kier molecular flexibility index (Phi) is 6.18. The van der Waals surface area contributed by atoms with E-state index in [1.807, 2.05) is 61.5 Å². The smallest absolute Gasteiger partial charge is 0.255 e. The molecule has 148 valence electrons. The molecule has 1 aliphatic heterocycles. The highest BCUT2D eigenvalue weighted by Gasteiger charge is 2.44. The second-order valence-corrected chi connectivity index (χ2v) is 8.25. The third-order valence-electron chi connectivity index (χ3n) is 5.65. The molecule has 0 bridgehead atoms. The van der Waals surface area contributed by atoms with E-state index in [1.54, 1.807) is 4.90 Å². The van der Waals surface area contributed by atoms with Gasteiger partial charge in [0.15, 0.2) is 0 Å². The van der Waals surface area contributed by atoms with Crippen LogP contribution in [0.3, 0.4) is 0 Å². The van der Waals surface area contributed by atoms with Crippen LogP contribution in [0.2, 0.25) is 0 Å². The highest BCUT2D eigenvalue weighted by molar-refractivity contribution is 6.00. The van der Waals surface area contributed by atoms with E-state index in [0.29, 0.717) is 37.4 Å². The number of nitrogens with zero attached hydrogens (tertiary/aromatic N) is 1. The lowest BCUT2D eigenvalue weighted by Gasteiger charge is -2.39. The number of benzene rings is 2. The molecule has 1 aliphatic rings. The predicted octanol–water partition coefficient (Wildman–Crippen LogP) is 4.20. The van der Waals surface area contributed by atoms with Crippen LogP contribution in [0.25, 0.3) is 0 Å². The summed E-state index contributed by atoms with van der Waals surface area (Å²) < 4.78 is 0. The predicted molar refractivity (Wildman–Crippen MR) is 112 cm³/mol. The SMILES string of the molecule is CC(C)CCNC(=O)C1(C)CCc2ccccc2C(=O)N1Cc1ccccc1. The molecule has 0 radical (unpaired) electrons. The summed E-state index contributed by atoms with van der Waals surface area (Å²) in [7, 11) is 0. The van der Waals surface area contributed by atoms with Gasteiger partial charge in [0.25, 0.3) is 5.91 Å². The van der Waals surface area contributed by atoms with Gasteiger partial charge in [-0.25, -0.2) is 0 Å². The first-order valence-corrected chi connectivity index (χ1v) is 10.1. The molecule has 0 saturated carbocycles. The fourth-order valence-corrected chi connectivity index (χ4v) is 3.74. The minimum absolute atomic E-state index is 0.0646. The van der Waals surface area contributed by atoms with E-state index < -0.39 is 5.54 Å². The van der Waals surface area contributed by atoms with Crippen LogP contribution in [0.5, 0.6) is 0 Å². The number of hydrogen-bond donors (Lipinski definition) is 1. The molecule has 0 spiro atoms. The van der Waals surface area contributed by atoms with Gasteiger partial charge in [0, 0.05) is 18.7 Å². The summed E-state index contributed by atoms with van der Waals surface area (Å²) in [6.45, 7) is 7.24. The fourth-order valence-electron chi connectivity index (χ4n) is 3.74. The first-order chi connectivity index (χ1) is 13.4. The third kappa shape index (κ3) is 4.27. The molecule has 1 N–H and O–H groups in total. The number of aryl methyl sites for hydroxylation is 1. The minimum atomic E-state index is -0.886. The van der Waals surface area contributed by atoms with Gasteiger partial charge in [-0.2, -0.15) is 0 Å². The Hall–Kier alpha value is -2.62. The van der Waals surface area contributed by atoms with Crippen molar-refractivity contribution in [2.75, 3.05) is 6.54 Å². The Morgan fingerprint density at radius 2 is 1.79 bits per heavy atom. The molecule has 0 saturated heterocycles. The second kappa shape index (κ2) is 8.59. The number of carbonyl (C=O) groups is 2. The van der Waals surface area contributed by atoms with Crippen molar-refractivity contribution in [2.45, 2.75) is 52.1 Å². The second-order valence-electron chi connectivity index (χ2n) is 8.25. The van der Waals surface area contributed by atoms with E-state index in [-0.39, 0.29) is 11.8 Å². The summed E-state index contributed by atoms with van der Waals surface area (Å²) in [5.74, 6) is 0.386. The van der Waals surface area contributed by atoms with E-state index in [4.69, 9.17) is 0 Å². The number of rotatable bonds is 6. The molecule has 3 rings (SSSR count). The molecule has 2 aromatic carbocycles. The van der Waals surface area contributed by atoms with Crippen molar-refractivity contribution in [2.24, 2.45) is 5.92 Å². The van der Waals surface area contributed by atoms with E-state index >= 15 is 0 Å². The van der Waals surface area contributed by atoms with Crippen LogP contribution >= 0.6 is 0 Å². The molecule has 0 fully saturated rings. The van der Waals surface area contributed by atoms with E-state index in [1.165, 1.54) is 0 Å². The lowest BCUT2D eigenvalue weighted by Crippen LogP contribution is -2.58. The highest BCUT2D eigenvalue weighted by Crippen LogP contribution is 2.32. The van der Waals surface area contributed by atoms with Gasteiger partial charge >= 0.3 is 0 Å². The lowest BCUT2D eigenvalue weighted by atomic mass is 9.91. The van der Waals surface area contributed by atoms with Crippen molar-refractivity contribution in [3.05, 3.63) is 71.3 Å². The summed E-state index contributed by atoms with van der Waals surface area (Å²) in [4.78, 5) is 28.5. The van der Waals surface area contributed by atoms with Crippen LogP contribution in [0.4, 0.5) is 0 Å². The maximum Gasteiger partial charge on any atom is 0.255 e. The van der Waals surface area contributed by atoms with Gasteiger partial charge in [0.1, 0.15) is 5.54 Å². The Labute approximate surface area is 167 Å². The molecule has 1 atom stereocenters. The molecule has 1 heterocycles. The quantitative estimate of drug-likeness (QED) is 0.819. The summed E-state index contributed by atoms with van der Waals surface area (Å²) in [5.41, 5.74) is 1.86. The third-order valence-corrected chi connectivity index (χ3v) is 5.65. The molecule has 28 heavy (non-hydrogen) atoms. The van der Waals surface area contributed by atoms with Gasteiger partial charge in [0.2, 0.25) is 5.91 Å². The Morgan fingerprint density at radius 3 is 2.50 bits per heavy atom. The zero-order valence-corrected chi connectivity index (χ0v) is 17.1. The average Bonchev–Trinajstić information content (AvgIpc) is 2.80. The molecule has 4 nitrogen and oxygen atoms in total. The van der Waals surface area contributed by atoms with Crippen LogP contribution in [0, 0.1) is 5.92 Å². The lowest BCUT2D eigenvalue weighted by molar-refractivity contribution is -0.132. The van der Waals surface area contributed by atoms with Gasteiger partial charge in [-0.15, -0.1) is 0 Å². The van der Waals surface area contributed by atoms with Crippen LogP contribution < -0.4 is 5.32 Å². The molecule has 0 aromatic heterocycles. The number of hydrogen-bond acceptors (Lipinski definition) is 2. The largest absolute Gasteiger partial charge is 0.354 e. The number of carbonyl (C=O) groups excluding carboxylic acids is 2. The number of fused-ring (bicyclic) bond motifs is 1. The first kappa shape index (κ1) is 20.1. The topological polar surface area (TPSA) is 49.4 Å². The van der Waals surface area contributed by atoms with Crippen LogP contribution in [-0.2, 0) is 17.8 Å². The Balaban J connectivity index is 1.93. The molecular formula is C24H30N2O2. The Morgan fingerprint density at radius 1 is 1.11 bits per heavy atom. The van der Waals surface area contributed by atoms with Crippen molar-refractivity contribution < 1.29 is 9.59 Å². The summed E-state index contributed by atoms with van der Waals surface area (Å²) in [5, 5.41) is 3.08. The maximum atomic E-state index is 13.5. The zero-order chi connectivity index (χ0) is 20.1. The summed E-state index contributed by atoms with van der Waals surface area (Å²) in [6, 6.07) is 17.6. The fraction of sp³-hybridized carbons (Fsp3) is 0.417. The maximum absolute atomic E-state index is 13.5. The summed E-state index contributed by atoms with van der Waals surface area (Å²) >= 11 is 0. The van der Waals surface area contributed by atoms with Crippen molar-refractivity contribution in [1.82, 2.24) is 10.2 Å². The van der Waals surface area contributed by atoms with Gasteiger partial charge < -0.3 is 10.2 Å². The normalized spacial score (nSPS) is 19.3.